The van der Waals surface area contributed by atoms with Crippen molar-refractivity contribution in [3.63, 3.8) is 0 Å². The molecule has 0 atom stereocenters. The molecule has 1 fully saturated rings. The molecule has 4 nitrogen and oxygen atoms in total. The van der Waals surface area contributed by atoms with E-state index in [1.54, 1.807) is 7.11 Å². The van der Waals surface area contributed by atoms with Crippen molar-refractivity contribution in [3.05, 3.63) is 59.2 Å². The second kappa shape index (κ2) is 9.34. The summed E-state index contributed by atoms with van der Waals surface area (Å²) >= 11 is 0. The fourth-order valence-electron chi connectivity index (χ4n) is 3.92. The number of carbonyl (C=O) groups is 1. The van der Waals surface area contributed by atoms with Gasteiger partial charge < -0.3 is 14.8 Å². The molecule has 1 aliphatic carbocycles. The second-order valence-corrected chi connectivity index (χ2v) is 8.87. The van der Waals surface area contributed by atoms with E-state index in [-0.39, 0.29) is 17.4 Å². The molecule has 0 heterocycles. The third-order valence-electron chi connectivity index (χ3n) is 5.56. The molecule has 0 aliphatic heterocycles. The summed E-state index contributed by atoms with van der Waals surface area (Å²) < 4.78 is 11.7. The smallest absolute Gasteiger partial charge is 0.251 e. The van der Waals surface area contributed by atoms with Crippen LogP contribution in [0.3, 0.4) is 0 Å². The predicted molar refractivity (Wildman–Crippen MR) is 117 cm³/mol. The molecular weight excluding hydrogens is 362 g/mol. The van der Waals surface area contributed by atoms with Crippen LogP contribution in [0.2, 0.25) is 0 Å². The molecule has 0 unspecified atom stereocenters. The van der Waals surface area contributed by atoms with Gasteiger partial charge in [-0.1, -0.05) is 58.2 Å². The van der Waals surface area contributed by atoms with Gasteiger partial charge >= 0.3 is 0 Å². The van der Waals surface area contributed by atoms with E-state index in [1.807, 2.05) is 36.4 Å². The molecule has 0 spiro atoms. The first-order valence-electron chi connectivity index (χ1n) is 10.6. The van der Waals surface area contributed by atoms with E-state index in [0.717, 1.165) is 35.5 Å². The molecule has 1 aliphatic rings. The van der Waals surface area contributed by atoms with Crippen LogP contribution in [0, 0.1) is 0 Å². The van der Waals surface area contributed by atoms with Crippen molar-refractivity contribution in [1.82, 2.24) is 5.32 Å². The zero-order valence-corrected chi connectivity index (χ0v) is 18.1. The summed E-state index contributed by atoms with van der Waals surface area (Å²) in [6.45, 7) is 6.87. The van der Waals surface area contributed by atoms with Gasteiger partial charge in [-0.3, -0.25) is 4.79 Å². The van der Waals surface area contributed by atoms with Crippen LogP contribution in [0.5, 0.6) is 11.5 Å². The van der Waals surface area contributed by atoms with Crippen LogP contribution in [0.25, 0.3) is 0 Å². The molecule has 3 rings (SSSR count). The standard InChI is InChI=1S/C25H33NO3/c1-25(2,3)21-12-8-9-13-23(21)29-17-19-16-18(14-15-22(19)28-4)24(27)26-20-10-6-5-7-11-20/h8-9,12-16,20H,5-7,10-11,17H2,1-4H3,(H,26,27). The molecule has 1 saturated carbocycles. The maximum Gasteiger partial charge on any atom is 0.251 e. The lowest BCUT2D eigenvalue weighted by Crippen LogP contribution is -2.36. The van der Waals surface area contributed by atoms with Gasteiger partial charge in [0.05, 0.1) is 7.11 Å². The summed E-state index contributed by atoms with van der Waals surface area (Å²) in [6.07, 6.45) is 5.80. The summed E-state index contributed by atoms with van der Waals surface area (Å²) in [6, 6.07) is 14.0. The largest absolute Gasteiger partial charge is 0.496 e. The van der Waals surface area contributed by atoms with E-state index in [9.17, 15) is 4.79 Å². The van der Waals surface area contributed by atoms with E-state index in [0.29, 0.717) is 12.2 Å². The Balaban J connectivity index is 1.75. The molecule has 156 valence electrons. The number of rotatable bonds is 6. The van der Waals surface area contributed by atoms with Gasteiger partial charge in [-0.25, -0.2) is 0 Å². The SMILES string of the molecule is COc1ccc(C(=O)NC2CCCCC2)cc1COc1ccccc1C(C)(C)C. The lowest BCUT2D eigenvalue weighted by molar-refractivity contribution is 0.0927. The number of hydrogen-bond donors (Lipinski definition) is 1. The van der Waals surface area contributed by atoms with Crippen LogP contribution >= 0.6 is 0 Å². The van der Waals surface area contributed by atoms with Crippen molar-refractivity contribution >= 4 is 5.91 Å². The van der Waals surface area contributed by atoms with Crippen LogP contribution in [-0.2, 0) is 12.0 Å². The lowest BCUT2D eigenvalue weighted by atomic mass is 9.86. The van der Waals surface area contributed by atoms with Gasteiger partial charge in [0.15, 0.2) is 0 Å². The monoisotopic (exact) mass is 395 g/mol. The summed E-state index contributed by atoms with van der Waals surface area (Å²) in [4.78, 5) is 12.7. The van der Waals surface area contributed by atoms with Gasteiger partial charge in [-0.2, -0.15) is 0 Å². The maximum absolute atomic E-state index is 12.7. The Bertz CT molecular complexity index is 832. The normalized spacial score (nSPS) is 15.0. The summed E-state index contributed by atoms with van der Waals surface area (Å²) in [5, 5.41) is 3.18. The topological polar surface area (TPSA) is 47.6 Å². The molecule has 4 heteroatoms. The van der Waals surface area contributed by atoms with Crippen molar-refractivity contribution in [2.45, 2.75) is 70.9 Å². The Morgan fingerprint density at radius 2 is 1.76 bits per heavy atom. The quantitative estimate of drug-likeness (QED) is 0.689. The van der Waals surface area contributed by atoms with Gasteiger partial charge in [0.1, 0.15) is 18.1 Å². The summed E-state index contributed by atoms with van der Waals surface area (Å²) in [5.74, 6) is 1.57. The van der Waals surface area contributed by atoms with Crippen LogP contribution in [-0.4, -0.2) is 19.1 Å². The zero-order valence-electron chi connectivity index (χ0n) is 18.1. The molecule has 2 aromatic rings. The zero-order chi connectivity index (χ0) is 20.9. The number of nitrogens with one attached hydrogen (secondary N) is 1. The molecule has 0 aromatic heterocycles. The van der Waals surface area contributed by atoms with E-state index in [2.05, 4.69) is 32.2 Å². The Labute approximate surface area is 174 Å². The highest BCUT2D eigenvalue weighted by Gasteiger charge is 2.20. The fourth-order valence-corrected chi connectivity index (χ4v) is 3.92. The highest BCUT2D eigenvalue weighted by molar-refractivity contribution is 5.94. The van der Waals surface area contributed by atoms with Crippen LogP contribution in [0.4, 0.5) is 0 Å². The predicted octanol–water partition coefficient (Wildman–Crippen LogP) is 5.63. The number of benzene rings is 2. The van der Waals surface area contributed by atoms with Crippen LogP contribution < -0.4 is 14.8 Å². The van der Waals surface area contributed by atoms with Crippen LogP contribution in [0.1, 0.15) is 74.4 Å². The molecular formula is C25H33NO3. The molecule has 1 amide bonds. The molecule has 29 heavy (non-hydrogen) atoms. The van der Waals surface area contributed by atoms with Crippen molar-refractivity contribution < 1.29 is 14.3 Å². The van der Waals surface area contributed by atoms with Gasteiger partial charge in [0, 0.05) is 17.2 Å². The highest BCUT2D eigenvalue weighted by atomic mass is 16.5. The molecule has 2 aromatic carbocycles. The second-order valence-electron chi connectivity index (χ2n) is 8.87. The third-order valence-corrected chi connectivity index (χ3v) is 5.56. The Hall–Kier alpha value is -2.49. The minimum Gasteiger partial charge on any atom is -0.496 e. The number of ether oxygens (including phenoxy) is 2. The first kappa shape index (κ1) is 21.2. The first-order chi connectivity index (χ1) is 13.9. The number of amides is 1. The summed E-state index contributed by atoms with van der Waals surface area (Å²) in [5.41, 5.74) is 2.67. The Morgan fingerprint density at radius 3 is 2.45 bits per heavy atom. The molecule has 0 radical (unpaired) electrons. The van der Waals surface area contributed by atoms with E-state index < -0.39 is 0 Å². The number of hydrogen-bond acceptors (Lipinski definition) is 3. The van der Waals surface area contributed by atoms with Gasteiger partial charge in [-0.15, -0.1) is 0 Å². The van der Waals surface area contributed by atoms with Crippen molar-refractivity contribution in [2.75, 3.05) is 7.11 Å². The average molecular weight is 396 g/mol. The Morgan fingerprint density at radius 1 is 1.03 bits per heavy atom. The van der Waals surface area contributed by atoms with Crippen molar-refractivity contribution in [2.24, 2.45) is 0 Å². The fraction of sp³-hybridized carbons (Fsp3) is 0.480. The lowest BCUT2D eigenvalue weighted by Gasteiger charge is -2.23. The summed E-state index contributed by atoms with van der Waals surface area (Å²) in [7, 11) is 1.64. The van der Waals surface area contributed by atoms with Gasteiger partial charge in [0.2, 0.25) is 0 Å². The minimum atomic E-state index is -0.0177. The molecule has 1 N–H and O–H groups in total. The minimum absolute atomic E-state index is 0.0115. The van der Waals surface area contributed by atoms with Crippen molar-refractivity contribution in [1.29, 1.82) is 0 Å². The Kier molecular flexibility index (Phi) is 6.83. The van der Waals surface area contributed by atoms with E-state index >= 15 is 0 Å². The number of carbonyl (C=O) groups excluding carboxylic acids is 1. The first-order valence-corrected chi connectivity index (χ1v) is 10.6. The maximum atomic E-state index is 12.7. The van der Waals surface area contributed by atoms with Gasteiger partial charge in [-0.05, 0) is 48.1 Å². The van der Waals surface area contributed by atoms with Crippen molar-refractivity contribution in [3.8, 4) is 11.5 Å². The van der Waals surface area contributed by atoms with E-state index in [1.165, 1.54) is 19.3 Å². The van der Waals surface area contributed by atoms with E-state index in [4.69, 9.17) is 9.47 Å². The average Bonchev–Trinajstić information content (AvgIpc) is 2.72. The molecule has 0 bridgehead atoms. The number of methoxy groups -OCH3 is 1. The molecule has 0 saturated heterocycles. The highest BCUT2D eigenvalue weighted by Crippen LogP contribution is 2.32. The third kappa shape index (κ3) is 5.53. The number of para-hydroxylation sites is 1. The van der Waals surface area contributed by atoms with Gasteiger partial charge in [0.25, 0.3) is 5.91 Å². The van der Waals surface area contributed by atoms with Crippen LogP contribution in [0.15, 0.2) is 42.5 Å².